The first kappa shape index (κ1) is 25.4. The molecular weight excluding hydrogens is 476 g/mol. The number of nitrogens with zero attached hydrogens (tertiary/aromatic N) is 5. The van der Waals surface area contributed by atoms with Gasteiger partial charge in [-0.3, -0.25) is 9.69 Å². The van der Waals surface area contributed by atoms with Crippen LogP contribution in [0.25, 0.3) is 10.9 Å². The van der Waals surface area contributed by atoms with Gasteiger partial charge in [0.1, 0.15) is 11.8 Å². The molecule has 38 heavy (non-hydrogen) atoms. The second-order valence-electron chi connectivity index (χ2n) is 9.59. The van der Waals surface area contributed by atoms with Gasteiger partial charge in [0.25, 0.3) is 5.56 Å². The molecule has 2 aromatic heterocycles. The number of nitrogens with one attached hydrogen (secondary N) is 1. The number of pyridine rings is 1. The number of aryl methyl sites for hydroxylation is 2. The number of rotatable bonds is 9. The molecule has 0 radical (unpaired) electrons. The van der Waals surface area contributed by atoms with E-state index in [2.05, 4.69) is 57.5 Å². The molecule has 8 nitrogen and oxygen atoms in total. The van der Waals surface area contributed by atoms with Gasteiger partial charge >= 0.3 is 0 Å². The van der Waals surface area contributed by atoms with Crippen LogP contribution in [0.15, 0.2) is 77.6 Å². The predicted octanol–water partition coefficient (Wildman–Crippen LogP) is 4.80. The van der Waals surface area contributed by atoms with Crippen molar-refractivity contribution >= 4 is 10.9 Å². The SMILES string of the molecule is CCN(Cc1ccccc1)[C@@H](c1cc2c(C)cc(C)cc2[nH]c1=O)c1nnnn1Cc1ccc(OC)cc1. The predicted molar refractivity (Wildman–Crippen MR) is 148 cm³/mol. The Labute approximate surface area is 221 Å². The molecule has 0 aliphatic rings. The van der Waals surface area contributed by atoms with Gasteiger partial charge in [-0.15, -0.1) is 5.10 Å². The van der Waals surface area contributed by atoms with Gasteiger partial charge in [-0.25, -0.2) is 4.68 Å². The van der Waals surface area contributed by atoms with Gasteiger partial charge in [0, 0.05) is 23.0 Å². The molecule has 1 atom stereocenters. The lowest BCUT2D eigenvalue weighted by Crippen LogP contribution is -2.35. The van der Waals surface area contributed by atoms with Crippen LogP contribution in [0, 0.1) is 13.8 Å². The van der Waals surface area contributed by atoms with E-state index < -0.39 is 6.04 Å². The van der Waals surface area contributed by atoms with E-state index >= 15 is 0 Å². The van der Waals surface area contributed by atoms with Crippen molar-refractivity contribution in [3.8, 4) is 5.75 Å². The third kappa shape index (κ3) is 5.21. The average Bonchev–Trinajstić information content (AvgIpc) is 3.37. The zero-order valence-electron chi connectivity index (χ0n) is 22.2. The smallest absolute Gasteiger partial charge is 0.253 e. The molecule has 2 heterocycles. The number of hydrogen-bond donors (Lipinski definition) is 1. The second kappa shape index (κ2) is 11.0. The molecule has 0 bridgehead atoms. The van der Waals surface area contributed by atoms with Crippen LogP contribution in [0.2, 0.25) is 0 Å². The number of hydrogen-bond acceptors (Lipinski definition) is 6. The molecule has 0 amide bonds. The molecule has 3 aromatic carbocycles. The largest absolute Gasteiger partial charge is 0.497 e. The van der Waals surface area contributed by atoms with Crippen molar-refractivity contribution in [2.45, 2.75) is 39.9 Å². The third-order valence-electron chi connectivity index (χ3n) is 6.93. The van der Waals surface area contributed by atoms with Crippen molar-refractivity contribution in [3.05, 3.63) is 117 Å². The number of tetrazole rings is 1. The van der Waals surface area contributed by atoms with Crippen molar-refractivity contribution in [3.63, 3.8) is 0 Å². The van der Waals surface area contributed by atoms with Gasteiger partial charge in [0.15, 0.2) is 5.82 Å². The van der Waals surface area contributed by atoms with Crippen LogP contribution >= 0.6 is 0 Å². The van der Waals surface area contributed by atoms with Crippen molar-refractivity contribution in [1.29, 1.82) is 0 Å². The van der Waals surface area contributed by atoms with E-state index in [1.54, 1.807) is 11.8 Å². The molecule has 0 unspecified atom stereocenters. The molecule has 0 aliphatic heterocycles. The van der Waals surface area contributed by atoms with E-state index in [1.165, 1.54) is 0 Å². The molecule has 0 saturated carbocycles. The van der Waals surface area contributed by atoms with Crippen molar-refractivity contribution < 1.29 is 4.74 Å². The summed E-state index contributed by atoms with van der Waals surface area (Å²) in [4.78, 5) is 19.0. The summed E-state index contributed by atoms with van der Waals surface area (Å²) in [6, 6.07) is 23.8. The van der Waals surface area contributed by atoms with E-state index in [0.29, 0.717) is 31.0 Å². The van der Waals surface area contributed by atoms with E-state index in [1.807, 2.05) is 61.5 Å². The Balaban J connectivity index is 1.63. The number of aromatic nitrogens is 5. The second-order valence-corrected chi connectivity index (χ2v) is 9.59. The maximum atomic E-state index is 13.6. The fourth-order valence-electron chi connectivity index (χ4n) is 5.02. The maximum Gasteiger partial charge on any atom is 0.253 e. The lowest BCUT2D eigenvalue weighted by Gasteiger charge is -2.30. The van der Waals surface area contributed by atoms with Gasteiger partial charge in [-0.2, -0.15) is 0 Å². The Kier molecular flexibility index (Phi) is 7.33. The Hall–Kier alpha value is -4.30. The van der Waals surface area contributed by atoms with Gasteiger partial charge in [0.05, 0.1) is 13.7 Å². The molecule has 1 N–H and O–H groups in total. The number of benzene rings is 3. The summed E-state index contributed by atoms with van der Waals surface area (Å²) >= 11 is 0. The van der Waals surface area contributed by atoms with Crippen molar-refractivity contribution in [1.82, 2.24) is 30.1 Å². The van der Waals surface area contributed by atoms with Gasteiger partial charge < -0.3 is 9.72 Å². The van der Waals surface area contributed by atoms with Crippen LogP contribution in [-0.4, -0.2) is 43.7 Å². The third-order valence-corrected chi connectivity index (χ3v) is 6.93. The van der Waals surface area contributed by atoms with E-state index in [0.717, 1.165) is 38.9 Å². The minimum Gasteiger partial charge on any atom is -0.497 e. The summed E-state index contributed by atoms with van der Waals surface area (Å²) in [5.41, 5.74) is 5.71. The summed E-state index contributed by atoms with van der Waals surface area (Å²) < 4.78 is 7.08. The highest BCUT2D eigenvalue weighted by Gasteiger charge is 2.30. The highest BCUT2D eigenvalue weighted by Crippen LogP contribution is 2.29. The zero-order chi connectivity index (χ0) is 26.6. The first-order valence-corrected chi connectivity index (χ1v) is 12.8. The molecule has 0 saturated heterocycles. The molecule has 194 valence electrons. The standard InChI is InChI=1S/C30H32N6O2/c1-5-35(18-22-9-7-6-8-10-22)28(26-17-25-21(3)15-20(2)16-27(25)31-30(26)37)29-32-33-34-36(29)19-23-11-13-24(38-4)14-12-23/h6-17,28H,5,18-19H2,1-4H3,(H,31,37)/t28-/m0/s1. The molecule has 0 spiro atoms. The molecule has 5 rings (SSSR count). The van der Waals surface area contributed by atoms with Crippen LogP contribution in [0.5, 0.6) is 5.75 Å². The van der Waals surface area contributed by atoms with E-state index in [4.69, 9.17) is 4.74 Å². The van der Waals surface area contributed by atoms with E-state index in [-0.39, 0.29) is 5.56 Å². The fraction of sp³-hybridized carbons (Fsp3) is 0.267. The first-order chi connectivity index (χ1) is 18.5. The summed E-state index contributed by atoms with van der Waals surface area (Å²) in [6.07, 6.45) is 0. The monoisotopic (exact) mass is 508 g/mol. The highest BCUT2D eigenvalue weighted by molar-refractivity contribution is 5.83. The maximum absolute atomic E-state index is 13.6. The minimum atomic E-state index is -0.456. The molecule has 8 heteroatoms. The van der Waals surface area contributed by atoms with Crippen LogP contribution in [0.3, 0.4) is 0 Å². The Morgan fingerprint density at radius 1 is 1.00 bits per heavy atom. The number of methoxy groups -OCH3 is 1. The topological polar surface area (TPSA) is 88.9 Å². The summed E-state index contributed by atoms with van der Waals surface area (Å²) in [5.74, 6) is 1.41. The van der Waals surface area contributed by atoms with Crippen LogP contribution in [0.4, 0.5) is 0 Å². The molecule has 0 aliphatic carbocycles. The van der Waals surface area contributed by atoms with Crippen molar-refractivity contribution in [2.24, 2.45) is 0 Å². The molecule has 5 aromatic rings. The summed E-state index contributed by atoms with van der Waals surface area (Å²) in [7, 11) is 1.65. The molecule has 0 fully saturated rings. The van der Waals surface area contributed by atoms with Gasteiger partial charge in [0.2, 0.25) is 0 Å². The Bertz CT molecular complexity index is 1590. The van der Waals surface area contributed by atoms with Gasteiger partial charge in [-0.05, 0) is 77.3 Å². The lowest BCUT2D eigenvalue weighted by atomic mass is 9.99. The van der Waals surface area contributed by atoms with Crippen molar-refractivity contribution in [2.75, 3.05) is 13.7 Å². The normalized spacial score (nSPS) is 12.2. The first-order valence-electron chi connectivity index (χ1n) is 12.8. The quantitative estimate of drug-likeness (QED) is 0.308. The van der Waals surface area contributed by atoms with Crippen LogP contribution in [0.1, 0.15) is 46.6 Å². The number of ether oxygens (including phenoxy) is 1. The Morgan fingerprint density at radius 2 is 1.76 bits per heavy atom. The van der Waals surface area contributed by atoms with E-state index in [9.17, 15) is 4.79 Å². The lowest BCUT2D eigenvalue weighted by molar-refractivity contribution is 0.214. The van der Waals surface area contributed by atoms with Crippen LogP contribution < -0.4 is 10.3 Å². The summed E-state index contributed by atoms with van der Waals surface area (Å²) in [5, 5.41) is 13.9. The number of aromatic amines is 1. The zero-order valence-corrected chi connectivity index (χ0v) is 22.2. The molecular formula is C30H32N6O2. The summed E-state index contributed by atoms with van der Waals surface area (Å²) in [6.45, 7) is 8.00. The highest BCUT2D eigenvalue weighted by atomic mass is 16.5. The fourth-order valence-corrected chi connectivity index (χ4v) is 5.02. The number of H-pyrrole nitrogens is 1. The Morgan fingerprint density at radius 3 is 2.47 bits per heavy atom. The minimum absolute atomic E-state index is 0.141. The van der Waals surface area contributed by atoms with Gasteiger partial charge in [-0.1, -0.05) is 55.5 Å². The average molecular weight is 509 g/mol. The van der Waals surface area contributed by atoms with Crippen LogP contribution in [-0.2, 0) is 13.1 Å². The number of fused-ring (bicyclic) bond motifs is 1.